The first kappa shape index (κ1) is 11.3. The highest BCUT2D eigenvalue weighted by Crippen LogP contribution is 2.15. The number of aromatic nitrogens is 4. The number of hydrogen-bond acceptors (Lipinski definition) is 4. The Kier molecular flexibility index (Phi) is 3.09. The van der Waals surface area contributed by atoms with Gasteiger partial charge < -0.3 is 4.90 Å². The Hall–Kier alpha value is -1.17. The molecule has 2 heterocycles. The average Bonchev–Trinajstić information content (AvgIpc) is 2.62. The van der Waals surface area contributed by atoms with Gasteiger partial charge in [-0.15, -0.1) is 0 Å². The molecular weight excluding hydrogens is 270 g/mol. The molecule has 0 saturated heterocycles. The Morgan fingerprint density at radius 2 is 2.31 bits per heavy atom. The van der Waals surface area contributed by atoms with E-state index in [9.17, 15) is 0 Å². The summed E-state index contributed by atoms with van der Waals surface area (Å²) in [5, 5.41) is 4.17. The van der Waals surface area contributed by atoms with Crippen molar-refractivity contribution >= 4 is 27.5 Å². The Balaban J connectivity index is 2.45. The third kappa shape index (κ3) is 2.16. The number of aryl methyl sites for hydroxylation is 1. The van der Waals surface area contributed by atoms with Gasteiger partial charge in [0.15, 0.2) is 0 Å². The van der Waals surface area contributed by atoms with Crippen molar-refractivity contribution in [2.24, 2.45) is 0 Å². The molecule has 0 bridgehead atoms. The van der Waals surface area contributed by atoms with Gasteiger partial charge in [-0.2, -0.15) is 14.6 Å². The molecule has 6 heteroatoms. The molecule has 2 aromatic rings. The van der Waals surface area contributed by atoms with E-state index in [0.29, 0.717) is 10.6 Å². The fraction of sp³-hybridized carbons (Fsp3) is 0.500. The van der Waals surface area contributed by atoms with Gasteiger partial charge >= 0.3 is 0 Å². The fourth-order valence-electron chi connectivity index (χ4n) is 1.65. The molecule has 0 fully saturated rings. The zero-order valence-corrected chi connectivity index (χ0v) is 11.1. The maximum atomic E-state index is 4.31. The first-order valence-corrected chi connectivity index (χ1v) is 6.02. The lowest BCUT2D eigenvalue weighted by Crippen LogP contribution is -2.26. The topological polar surface area (TPSA) is 46.3 Å². The Labute approximate surface area is 103 Å². The molecule has 0 saturated carbocycles. The fourth-order valence-corrected chi connectivity index (χ4v) is 2.09. The molecule has 0 amide bonds. The Bertz CT molecular complexity index is 493. The number of nitrogens with zero attached hydrogens (tertiary/aromatic N) is 5. The van der Waals surface area contributed by atoms with Crippen molar-refractivity contribution in [3.63, 3.8) is 0 Å². The summed E-state index contributed by atoms with van der Waals surface area (Å²) in [4.78, 5) is 11.0. The van der Waals surface area contributed by atoms with E-state index in [-0.39, 0.29) is 0 Å². The highest BCUT2D eigenvalue weighted by molar-refractivity contribution is 9.09. The summed E-state index contributed by atoms with van der Waals surface area (Å²) in [6.45, 7) is 4.98. The van der Waals surface area contributed by atoms with Gasteiger partial charge in [0.25, 0.3) is 5.78 Å². The first-order valence-electron chi connectivity index (χ1n) is 5.10. The van der Waals surface area contributed by atoms with Crippen LogP contribution in [0.3, 0.4) is 0 Å². The van der Waals surface area contributed by atoms with Crippen LogP contribution < -0.4 is 4.90 Å². The van der Waals surface area contributed by atoms with Gasteiger partial charge in [-0.05, 0) is 6.92 Å². The second kappa shape index (κ2) is 4.37. The third-order valence-electron chi connectivity index (χ3n) is 2.28. The molecule has 86 valence electrons. The van der Waals surface area contributed by atoms with Gasteiger partial charge in [0.2, 0.25) is 0 Å². The van der Waals surface area contributed by atoms with Crippen molar-refractivity contribution in [1.29, 1.82) is 0 Å². The van der Waals surface area contributed by atoms with Crippen LogP contribution in [0.4, 0.5) is 5.82 Å². The first-order chi connectivity index (χ1) is 7.58. The number of rotatable bonds is 3. The second-order valence-corrected chi connectivity index (χ2v) is 5.45. The standard InChI is InChI=1S/C10H14BrN5/c1-7(11)5-15(3)9-4-8(2)14-10-12-6-13-16(9)10/h4,6-7H,5H2,1-3H3. The van der Waals surface area contributed by atoms with Crippen LogP contribution in [0, 0.1) is 6.92 Å². The van der Waals surface area contributed by atoms with E-state index >= 15 is 0 Å². The number of hydrogen-bond donors (Lipinski definition) is 0. The van der Waals surface area contributed by atoms with E-state index in [0.717, 1.165) is 18.1 Å². The van der Waals surface area contributed by atoms with Crippen LogP contribution in [0.1, 0.15) is 12.6 Å². The molecular formula is C10H14BrN5. The van der Waals surface area contributed by atoms with E-state index in [1.165, 1.54) is 6.33 Å². The summed E-state index contributed by atoms with van der Waals surface area (Å²) in [5.74, 6) is 1.65. The lowest BCUT2D eigenvalue weighted by Gasteiger charge is -2.21. The molecule has 16 heavy (non-hydrogen) atoms. The smallest absolute Gasteiger partial charge is 0.254 e. The van der Waals surface area contributed by atoms with E-state index in [2.05, 4.69) is 42.8 Å². The minimum atomic E-state index is 0.421. The molecule has 0 radical (unpaired) electrons. The zero-order chi connectivity index (χ0) is 11.7. The summed E-state index contributed by atoms with van der Waals surface area (Å²) in [6.07, 6.45) is 1.52. The molecule has 1 unspecified atom stereocenters. The number of alkyl halides is 1. The van der Waals surface area contributed by atoms with Crippen LogP contribution in [0.25, 0.3) is 5.78 Å². The van der Waals surface area contributed by atoms with Gasteiger partial charge in [0, 0.05) is 30.2 Å². The Morgan fingerprint density at radius 3 is 3.00 bits per heavy atom. The van der Waals surface area contributed by atoms with E-state index in [1.807, 2.05) is 20.0 Å². The van der Waals surface area contributed by atoms with Gasteiger partial charge in [-0.1, -0.05) is 22.9 Å². The minimum absolute atomic E-state index is 0.421. The van der Waals surface area contributed by atoms with Crippen molar-refractivity contribution in [3.05, 3.63) is 18.1 Å². The highest BCUT2D eigenvalue weighted by Gasteiger charge is 2.11. The van der Waals surface area contributed by atoms with Crippen molar-refractivity contribution in [2.45, 2.75) is 18.7 Å². The summed E-state index contributed by atoms with van der Waals surface area (Å²) >= 11 is 3.54. The molecule has 0 aliphatic heterocycles. The predicted molar refractivity (Wildman–Crippen MR) is 67.2 cm³/mol. The van der Waals surface area contributed by atoms with Crippen LogP contribution in [-0.4, -0.2) is 38.0 Å². The molecule has 2 rings (SSSR count). The van der Waals surface area contributed by atoms with Crippen LogP contribution in [0.5, 0.6) is 0 Å². The normalized spacial score (nSPS) is 13.0. The van der Waals surface area contributed by atoms with Gasteiger partial charge in [0.1, 0.15) is 12.1 Å². The largest absolute Gasteiger partial charge is 0.358 e. The molecule has 5 nitrogen and oxygen atoms in total. The molecule has 0 aliphatic carbocycles. The summed E-state index contributed by atoms with van der Waals surface area (Å²) < 4.78 is 1.75. The van der Waals surface area contributed by atoms with Gasteiger partial charge in [-0.3, -0.25) is 0 Å². The maximum Gasteiger partial charge on any atom is 0.254 e. The molecule has 0 aliphatic rings. The van der Waals surface area contributed by atoms with E-state index in [4.69, 9.17) is 0 Å². The third-order valence-corrected chi connectivity index (χ3v) is 2.57. The average molecular weight is 284 g/mol. The monoisotopic (exact) mass is 283 g/mol. The van der Waals surface area contributed by atoms with Crippen LogP contribution in [-0.2, 0) is 0 Å². The highest BCUT2D eigenvalue weighted by atomic mass is 79.9. The van der Waals surface area contributed by atoms with Crippen LogP contribution in [0.2, 0.25) is 0 Å². The number of anilines is 1. The van der Waals surface area contributed by atoms with Crippen molar-refractivity contribution in [3.8, 4) is 0 Å². The minimum Gasteiger partial charge on any atom is -0.358 e. The second-order valence-electron chi connectivity index (χ2n) is 3.89. The molecule has 0 aromatic carbocycles. The molecule has 0 N–H and O–H groups in total. The molecule has 0 spiro atoms. The van der Waals surface area contributed by atoms with Gasteiger partial charge in [-0.25, -0.2) is 4.98 Å². The van der Waals surface area contributed by atoms with Crippen molar-refractivity contribution < 1.29 is 0 Å². The zero-order valence-electron chi connectivity index (χ0n) is 9.55. The number of halogens is 1. The summed E-state index contributed by atoms with van der Waals surface area (Å²) in [6, 6.07) is 2.01. The predicted octanol–water partition coefficient (Wildman–Crippen LogP) is 1.65. The van der Waals surface area contributed by atoms with Crippen LogP contribution >= 0.6 is 15.9 Å². The molecule has 2 aromatic heterocycles. The van der Waals surface area contributed by atoms with E-state index in [1.54, 1.807) is 4.52 Å². The quantitative estimate of drug-likeness (QED) is 0.804. The Morgan fingerprint density at radius 1 is 1.56 bits per heavy atom. The lowest BCUT2D eigenvalue weighted by atomic mass is 10.4. The maximum absolute atomic E-state index is 4.31. The van der Waals surface area contributed by atoms with Gasteiger partial charge in [0.05, 0.1) is 0 Å². The summed E-state index contributed by atoms with van der Waals surface area (Å²) in [7, 11) is 2.04. The summed E-state index contributed by atoms with van der Waals surface area (Å²) in [5.41, 5.74) is 0.949. The lowest BCUT2D eigenvalue weighted by molar-refractivity contribution is 0.812. The molecule has 1 atom stereocenters. The van der Waals surface area contributed by atoms with Crippen molar-refractivity contribution in [2.75, 3.05) is 18.5 Å². The van der Waals surface area contributed by atoms with Crippen LogP contribution in [0.15, 0.2) is 12.4 Å². The van der Waals surface area contributed by atoms with E-state index < -0.39 is 0 Å². The van der Waals surface area contributed by atoms with Crippen molar-refractivity contribution in [1.82, 2.24) is 19.6 Å². The number of fused-ring (bicyclic) bond motifs is 1. The SMILES string of the molecule is Cc1cc(N(C)CC(C)Br)n2ncnc2n1.